The molecular weight excluding hydrogens is 302 g/mol. The molecule has 118 valence electrons. The minimum absolute atomic E-state index is 0. The molecule has 0 fully saturated rings. The second-order valence-electron chi connectivity index (χ2n) is 4.42. The molecule has 1 atom stereocenters. The molecule has 0 saturated carbocycles. The number of esters is 1. The number of rotatable bonds is 4. The highest BCUT2D eigenvalue weighted by molar-refractivity contribution is 7.19. The first kappa shape index (κ1) is 17.8. The Morgan fingerprint density at radius 2 is 2.14 bits per heavy atom. The number of aromatic nitrogens is 2. The molecule has 22 heavy (non-hydrogen) atoms. The van der Waals surface area contributed by atoms with Gasteiger partial charge in [0, 0.05) is 24.9 Å². The predicted molar refractivity (Wildman–Crippen MR) is 86.7 cm³/mol. The molecule has 2 aromatic rings. The molecule has 0 aliphatic rings. The molecule has 0 aromatic carbocycles. The third-order valence-corrected chi connectivity index (χ3v) is 3.78. The summed E-state index contributed by atoms with van der Waals surface area (Å²) in [4.78, 5) is 31.2. The van der Waals surface area contributed by atoms with Gasteiger partial charge in [-0.05, 0) is 26.0 Å². The highest BCUT2D eigenvalue weighted by Gasteiger charge is 2.18. The van der Waals surface area contributed by atoms with Crippen LogP contribution in [0.3, 0.4) is 0 Å². The molecule has 2 rings (SSSR count). The summed E-state index contributed by atoms with van der Waals surface area (Å²) in [5, 5.41) is 4.14. The molecule has 0 radical (unpaired) electrons. The lowest BCUT2D eigenvalue weighted by molar-refractivity contribution is -0.150. The third-order valence-electron chi connectivity index (χ3n) is 2.65. The average Bonchev–Trinajstić information content (AvgIpc) is 2.80. The van der Waals surface area contributed by atoms with E-state index >= 15 is 0 Å². The number of nitrogens with one attached hydrogen (secondary N) is 1. The van der Waals surface area contributed by atoms with Gasteiger partial charge in [-0.3, -0.25) is 14.6 Å². The molecule has 2 heterocycles. The van der Waals surface area contributed by atoms with Gasteiger partial charge in [0.05, 0.1) is 5.69 Å². The summed E-state index contributed by atoms with van der Waals surface area (Å²) in [6.45, 7) is 4.60. The number of hydrogen-bond acceptors (Lipinski definition) is 6. The summed E-state index contributed by atoms with van der Waals surface area (Å²) >= 11 is 1.35. The Balaban J connectivity index is 0.00000242. The van der Waals surface area contributed by atoms with Crippen LogP contribution in [0.15, 0.2) is 24.5 Å². The standard InChI is InChI=1S/C14H15N3O3S.CH4/c1-8-13(17-12(19)9(2)20-10(3)18)21-14(16-8)11-5-4-6-15-7-11;/h4-7,9H,1-3H3,(H,17,19);1H4. The van der Waals surface area contributed by atoms with Crippen LogP contribution in [0.2, 0.25) is 0 Å². The van der Waals surface area contributed by atoms with Crippen LogP contribution in [-0.4, -0.2) is 27.9 Å². The van der Waals surface area contributed by atoms with Crippen LogP contribution in [0.5, 0.6) is 0 Å². The SMILES string of the molecule is C.CC(=O)OC(C)C(=O)Nc1sc(-c2cccnc2)nc1C. The van der Waals surface area contributed by atoms with E-state index in [1.54, 1.807) is 12.4 Å². The van der Waals surface area contributed by atoms with Crippen LogP contribution in [0.25, 0.3) is 10.6 Å². The summed E-state index contributed by atoms with van der Waals surface area (Å²) in [5.41, 5.74) is 1.60. The number of ether oxygens (including phenoxy) is 1. The summed E-state index contributed by atoms with van der Waals surface area (Å²) < 4.78 is 4.84. The molecule has 0 spiro atoms. The van der Waals surface area contributed by atoms with E-state index in [4.69, 9.17) is 4.74 Å². The van der Waals surface area contributed by atoms with E-state index in [2.05, 4.69) is 15.3 Å². The van der Waals surface area contributed by atoms with Gasteiger partial charge in [0.1, 0.15) is 10.0 Å². The average molecular weight is 321 g/mol. The van der Waals surface area contributed by atoms with Crippen molar-refractivity contribution in [2.75, 3.05) is 5.32 Å². The number of hydrogen-bond donors (Lipinski definition) is 1. The minimum Gasteiger partial charge on any atom is -0.453 e. The highest BCUT2D eigenvalue weighted by atomic mass is 32.1. The van der Waals surface area contributed by atoms with Gasteiger partial charge >= 0.3 is 5.97 Å². The monoisotopic (exact) mass is 321 g/mol. The highest BCUT2D eigenvalue weighted by Crippen LogP contribution is 2.31. The van der Waals surface area contributed by atoms with Gasteiger partial charge in [-0.1, -0.05) is 18.8 Å². The molecule has 1 unspecified atom stereocenters. The van der Waals surface area contributed by atoms with Gasteiger partial charge in [-0.15, -0.1) is 0 Å². The summed E-state index contributed by atoms with van der Waals surface area (Å²) in [5.74, 6) is -0.871. The van der Waals surface area contributed by atoms with Crippen LogP contribution < -0.4 is 5.32 Å². The molecule has 2 aromatic heterocycles. The fourth-order valence-corrected chi connectivity index (χ4v) is 2.60. The summed E-state index contributed by atoms with van der Waals surface area (Å²) in [6.07, 6.45) is 2.56. The number of thiazole rings is 1. The van der Waals surface area contributed by atoms with Crippen LogP contribution in [0.4, 0.5) is 5.00 Å². The van der Waals surface area contributed by atoms with Crippen molar-refractivity contribution in [1.29, 1.82) is 0 Å². The van der Waals surface area contributed by atoms with Crippen molar-refractivity contribution in [2.45, 2.75) is 34.3 Å². The zero-order valence-electron chi connectivity index (χ0n) is 11.9. The fraction of sp³-hybridized carbons (Fsp3) is 0.333. The first-order valence-electron chi connectivity index (χ1n) is 6.33. The van der Waals surface area contributed by atoms with E-state index in [1.807, 2.05) is 19.1 Å². The zero-order valence-corrected chi connectivity index (χ0v) is 12.7. The Morgan fingerprint density at radius 1 is 1.41 bits per heavy atom. The quantitative estimate of drug-likeness (QED) is 0.875. The predicted octanol–water partition coefficient (Wildman–Crippen LogP) is 3.04. The number of pyridine rings is 1. The zero-order chi connectivity index (χ0) is 15.4. The maximum absolute atomic E-state index is 11.9. The van der Waals surface area contributed by atoms with E-state index in [9.17, 15) is 9.59 Å². The lowest BCUT2D eigenvalue weighted by Gasteiger charge is -2.11. The van der Waals surface area contributed by atoms with Crippen molar-refractivity contribution < 1.29 is 14.3 Å². The second kappa shape index (κ2) is 7.65. The van der Waals surface area contributed by atoms with Gasteiger partial charge in [0.15, 0.2) is 6.10 Å². The maximum atomic E-state index is 11.9. The van der Waals surface area contributed by atoms with E-state index in [0.717, 1.165) is 10.6 Å². The largest absolute Gasteiger partial charge is 0.453 e. The van der Waals surface area contributed by atoms with Crippen LogP contribution in [-0.2, 0) is 14.3 Å². The molecule has 0 bridgehead atoms. The number of carbonyl (C=O) groups excluding carboxylic acids is 2. The first-order chi connectivity index (χ1) is 9.97. The van der Waals surface area contributed by atoms with Crippen LogP contribution in [0, 0.1) is 6.92 Å². The third kappa shape index (κ3) is 4.36. The number of anilines is 1. The molecule has 6 nitrogen and oxygen atoms in total. The van der Waals surface area contributed by atoms with E-state index in [0.29, 0.717) is 10.7 Å². The second-order valence-corrected chi connectivity index (χ2v) is 5.42. The number of nitrogens with zero attached hydrogens (tertiary/aromatic N) is 2. The number of aryl methyl sites for hydroxylation is 1. The molecular formula is C15H19N3O3S. The van der Waals surface area contributed by atoms with Crippen molar-refractivity contribution in [3.05, 3.63) is 30.2 Å². The van der Waals surface area contributed by atoms with E-state index < -0.39 is 12.1 Å². The van der Waals surface area contributed by atoms with Crippen molar-refractivity contribution in [1.82, 2.24) is 9.97 Å². The van der Waals surface area contributed by atoms with E-state index in [-0.39, 0.29) is 13.3 Å². The first-order valence-corrected chi connectivity index (χ1v) is 7.15. The Kier molecular flexibility index (Phi) is 6.18. The molecule has 0 aliphatic carbocycles. The van der Waals surface area contributed by atoms with Gasteiger partial charge in [0.25, 0.3) is 5.91 Å². The lowest BCUT2D eigenvalue weighted by Crippen LogP contribution is -2.29. The van der Waals surface area contributed by atoms with Crippen molar-refractivity contribution in [3.63, 3.8) is 0 Å². The van der Waals surface area contributed by atoms with E-state index in [1.165, 1.54) is 25.2 Å². The number of carbonyl (C=O) groups is 2. The van der Waals surface area contributed by atoms with Crippen LogP contribution in [0.1, 0.15) is 27.0 Å². The maximum Gasteiger partial charge on any atom is 0.303 e. The molecule has 7 heteroatoms. The van der Waals surface area contributed by atoms with Crippen molar-refractivity contribution in [3.8, 4) is 10.6 Å². The minimum atomic E-state index is -0.842. The van der Waals surface area contributed by atoms with Crippen LogP contribution >= 0.6 is 11.3 Å². The molecule has 1 amide bonds. The lowest BCUT2D eigenvalue weighted by atomic mass is 10.3. The summed E-state index contributed by atoms with van der Waals surface area (Å²) in [7, 11) is 0. The fourth-order valence-electron chi connectivity index (χ4n) is 1.64. The molecule has 0 aliphatic heterocycles. The van der Waals surface area contributed by atoms with Gasteiger partial charge < -0.3 is 10.1 Å². The van der Waals surface area contributed by atoms with Crippen molar-refractivity contribution >= 4 is 28.2 Å². The van der Waals surface area contributed by atoms with Gasteiger partial charge in [-0.2, -0.15) is 0 Å². The smallest absolute Gasteiger partial charge is 0.303 e. The topological polar surface area (TPSA) is 81.2 Å². The molecule has 0 saturated heterocycles. The Morgan fingerprint density at radius 3 is 2.73 bits per heavy atom. The van der Waals surface area contributed by atoms with Gasteiger partial charge in [0.2, 0.25) is 0 Å². The molecule has 1 N–H and O–H groups in total. The Hall–Kier alpha value is -2.28. The Bertz CT molecular complexity index is 655. The number of amides is 1. The normalized spacial score (nSPS) is 11.2. The van der Waals surface area contributed by atoms with Gasteiger partial charge in [-0.25, -0.2) is 4.98 Å². The Labute approximate surface area is 133 Å². The summed E-state index contributed by atoms with van der Waals surface area (Å²) in [6, 6.07) is 3.73. The van der Waals surface area contributed by atoms with Crippen molar-refractivity contribution in [2.24, 2.45) is 0 Å².